The average molecular weight is 221 g/mol. The Balaban J connectivity index is 1.91. The molecule has 0 saturated carbocycles. The van der Waals surface area contributed by atoms with Crippen LogP contribution in [0, 0.1) is 5.41 Å². The maximum atomic E-state index is 9.37. The second-order valence-corrected chi connectivity index (χ2v) is 4.83. The monoisotopic (exact) mass is 221 g/mol. The number of hydrogen-bond donors (Lipinski definition) is 2. The molecular formula is C13H19NO2. The van der Waals surface area contributed by atoms with Crippen molar-refractivity contribution in [3.05, 3.63) is 35.9 Å². The summed E-state index contributed by atoms with van der Waals surface area (Å²) in [5.41, 5.74) is 1.37. The van der Waals surface area contributed by atoms with E-state index in [2.05, 4.69) is 12.2 Å². The number of nitrogens with one attached hydrogen (secondary N) is 1. The third-order valence-corrected chi connectivity index (χ3v) is 3.06. The first kappa shape index (κ1) is 11.6. The molecule has 2 N–H and O–H groups in total. The van der Waals surface area contributed by atoms with Crippen molar-refractivity contribution in [1.29, 1.82) is 0 Å². The molecule has 1 aromatic rings. The third kappa shape index (κ3) is 2.61. The Morgan fingerprint density at radius 1 is 1.38 bits per heavy atom. The number of benzene rings is 1. The lowest BCUT2D eigenvalue weighted by Crippen LogP contribution is -2.48. The van der Waals surface area contributed by atoms with Gasteiger partial charge in [0.2, 0.25) is 0 Å². The molecule has 0 aromatic heterocycles. The molecule has 3 nitrogen and oxygen atoms in total. The van der Waals surface area contributed by atoms with Crippen LogP contribution in [0.2, 0.25) is 0 Å². The van der Waals surface area contributed by atoms with Crippen molar-refractivity contribution in [2.45, 2.75) is 13.0 Å². The van der Waals surface area contributed by atoms with E-state index in [4.69, 9.17) is 4.74 Å². The van der Waals surface area contributed by atoms with Gasteiger partial charge in [0, 0.05) is 12.0 Å². The van der Waals surface area contributed by atoms with E-state index in [1.807, 2.05) is 30.3 Å². The van der Waals surface area contributed by atoms with Crippen molar-refractivity contribution in [2.75, 3.05) is 26.4 Å². The highest BCUT2D eigenvalue weighted by Gasteiger charge is 2.33. The predicted molar refractivity (Wildman–Crippen MR) is 63.2 cm³/mol. The summed E-state index contributed by atoms with van der Waals surface area (Å²) in [7, 11) is 0. The van der Waals surface area contributed by atoms with Gasteiger partial charge in [-0.05, 0) is 5.56 Å². The van der Waals surface area contributed by atoms with E-state index in [1.54, 1.807) is 0 Å². The van der Waals surface area contributed by atoms with Gasteiger partial charge in [-0.1, -0.05) is 37.3 Å². The van der Waals surface area contributed by atoms with Crippen LogP contribution in [0.5, 0.6) is 0 Å². The second-order valence-electron chi connectivity index (χ2n) is 4.83. The lowest BCUT2D eigenvalue weighted by molar-refractivity contribution is -0.100. The zero-order chi connectivity index (χ0) is 11.4. The summed E-state index contributed by atoms with van der Waals surface area (Å²) < 4.78 is 5.21. The third-order valence-electron chi connectivity index (χ3n) is 3.06. The minimum Gasteiger partial charge on any atom is -0.394 e. The first-order valence-corrected chi connectivity index (χ1v) is 5.70. The van der Waals surface area contributed by atoms with Gasteiger partial charge >= 0.3 is 0 Å². The summed E-state index contributed by atoms with van der Waals surface area (Å²) in [6.07, 6.45) is 0. The smallest absolute Gasteiger partial charge is 0.0626 e. The highest BCUT2D eigenvalue weighted by molar-refractivity contribution is 5.18. The van der Waals surface area contributed by atoms with Gasteiger partial charge in [0.15, 0.2) is 0 Å². The lowest BCUT2D eigenvalue weighted by Gasteiger charge is -2.39. The molecule has 1 aliphatic heterocycles. The van der Waals surface area contributed by atoms with Crippen LogP contribution < -0.4 is 5.32 Å². The molecule has 0 amide bonds. The van der Waals surface area contributed by atoms with Crippen LogP contribution in [0.1, 0.15) is 18.5 Å². The topological polar surface area (TPSA) is 41.5 Å². The van der Waals surface area contributed by atoms with E-state index >= 15 is 0 Å². The standard InChI is InChI=1S/C13H19NO2/c1-13(9-16-10-13)8-14-12(7-15)11-5-3-2-4-6-11/h2-6,12,14-15H,7-10H2,1H3/t12-/m0/s1. The quantitative estimate of drug-likeness (QED) is 0.788. The summed E-state index contributed by atoms with van der Waals surface area (Å²) in [5.74, 6) is 0. The van der Waals surface area contributed by atoms with Gasteiger partial charge in [0.1, 0.15) is 0 Å². The van der Waals surface area contributed by atoms with E-state index in [9.17, 15) is 5.11 Å². The van der Waals surface area contributed by atoms with Crippen molar-refractivity contribution in [3.8, 4) is 0 Å². The van der Waals surface area contributed by atoms with Crippen molar-refractivity contribution in [3.63, 3.8) is 0 Å². The molecule has 16 heavy (non-hydrogen) atoms. The Bertz CT molecular complexity index is 322. The maximum Gasteiger partial charge on any atom is 0.0626 e. The van der Waals surface area contributed by atoms with Crippen molar-refractivity contribution in [1.82, 2.24) is 5.32 Å². The van der Waals surface area contributed by atoms with Crippen molar-refractivity contribution < 1.29 is 9.84 Å². The Kier molecular flexibility index (Phi) is 3.59. The Morgan fingerprint density at radius 3 is 2.56 bits per heavy atom. The van der Waals surface area contributed by atoms with Crippen LogP contribution >= 0.6 is 0 Å². The SMILES string of the molecule is CC1(CN[C@@H](CO)c2ccccc2)COC1. The van der Waals surface area contributed by atoms with Crippen LogP contribution in [0.4, 0.5) is 0 Å². The number of hydrogen-bond acceptors (Lipinski definition) is 3. The molecule has 0 radical (unpaired) electrons. The molecular weight excluding hydrogens is 202 g/mol. The lowest BCUT2D eigenvalue weighted by atomic mass is 9.88. The van der Waals surface area contributed by atoms with Gasteiger partial charge in [-0.2, -0.15) is 0 Å². The molecule has 0 unspecified atom stereocenters. The minimum atomic E-state index is 0.0265. The van der Waals surface area contributed by atoms with Crippen LogP contribution in [0.15, 0.2) is 30.3 Å². The molecule has 0 spiro atoms. The second kappa shape index (κ2) is 4.95. The van der Waals surface area contributed by atoms with E-state index < -0.39 is 0 Å². The fraction of sp³-hybridized carbons (Fsp3) is 0.538. The van der Waals surface area contributed by atoms with Gasteiger partial charge in [-0.25, -0.2) is 0 Å². The van der Waals surface area contributed by atoms with Crippen LogP contribution in [0.25, 0.3) is 0 Å². The number of rotatable bonds is 5. The molecule has 1 aliphatic rings. The fourth-order valence-corrected chi connectivity index (χ4v) is 1.90. The van der Waals surface area contributed by atoms with Crippen LogP contribution in [0.3, 0.4) is 0 Å². The summed E-state index contributed by atoms with van der Waals surface area (Å²) in [6, 6.07) is 10.1. The zero-order valence-corrected chi connectivity index (χ0v) is 9.65. The molecule has 3 heteroatoms. The first-order chi connectivity index (χ1) is 7.73. The van der Waals surface area contributed by atoms with Gasteiger partial charge in [-0.3, -0.25) is 0 Å². The molecule has 88 valence electrons. The molecule has 1 aromatic carbocycles. The maximum absolute atomic E-state index is 9.37. The number of aliphatic hydroxyl groups is 1. The summed E-state index contributed by atoms with van der Waals surface area (Å²) in [5, 5.41) is 12.8. The zero-order valence-electron chi connectivity index (χ0n) is 9.65. The van der Waals surface area contributed by atoms with E-state index in [1.165, 1.54) is 0 Å². The van der Waals surface area contributed by atoms with Gasteiger partial charge < -0.3 is 15.2 Å². The molecule has 1 atom stereocenters. The number of aliphatic hydroxyl groups excluding tert-OH is 1. The van der Waals surface area contributed by atoms with Gasteiger partial charge in [-0.15, -0.1) is 0 Å². The molecule has 1 heterocycles. The normalized spacial score (nSPS) is 20.1. The molecule has 1 fully saturated rings. The molecule has 0 aliphatic carbocycles. The molecule has 0 bridgehead atoms. The largest absolute Gasteiger partial charge is 0.394 e. The first-order valence-electron chi connectivity index (χ1n) is 5.70. The Morgan fingerprint density at radius 2 is 2.06 bits per heavy atom. The van der Waals surface area contributed by atoms with Crippen molar-refractivity contribution in [2.24, 2.45) is 5.41 Å². The fourth-order valence-electron chi connectivity index (χ4n) is 1.90. The summed E-state index contributed by atoms with van der Waals surface area (Å²) in [6.45, 7) is 4.83. The van der Waals surface area contributed by atoms with Gasteiger partial charge in [0.25, 0.3) is 0 Å². The average Bonchev–Trinajstić information content (AvgIpc) is 2.29. The minimum absolute atomic E-state index is 0.0265. The summed E-state index contributed by atoms with van der Waals surface area (Å²) in [4.78, 5) is 0. The van der Waals surface area contributed by atoms with E-state index in [0.29, 0.717) is 0 Å². The van der Waals surface area contributed by atoms with Crippen LogP contribution in [-0.2, 0) is 4.74 Å². The van der Waals surface area contributed by atoms with E-state index in [-0.39, 0.29) is 18.1 Å². The predicted octanol–water partition coefficient (Wildman–Crippen LogP) is 1.35. The highest BCUT2D eigenvalue weighted by atomic mass is 16.5. The van der Waals surface area contributed by atoms with Crippen molar-refractivity contribution >= 4 is 0 Å². The Labute approximate surface area is 96.4 Å². The van der Waals surface area contributed by atoms with Crippen LogP contribution in [-0.4, -0.2) is 31.5 Å². The van der Waals surface area contributed by atoms with E-state index in [0.717, 1.165) is 25.3 Å². The molecule has 2 rings (SSSR count). The van der Waals surface area contributed by atoms with Gasteiger partial charge in [0.05, 0.1) is 25.9 Å². The summed E-state index contributed by atoms with van der Waals surface area (Å²) >= 11 is 0. The molecule has 1 saturated heterocycles. The Hall–Kier alpha value is -0.900. The number of ether oxygens (including phenoxy) is 1. The highest BCUT2D eigenvalue weighted by Crippen LogP contribution is 2.26.